The van der Waals surface area contributed by atoms with Crippen molar-refractivity contribution in [2.24, 2.45) is 0 Å². The lowest BCUT2D eigenvalue weighted by atomic mass is 9.86. The Labute approximate surface area is 303 Å². The fourth-order valence-electron chi connectivity index (χ4n) is 7.05. The molecule has 9 rings (SSSR count). The van der Waals surface area contributed by atoms with E-state index >= 15 is 0 Å². The van der Waals surface area contributed by atoms with Crippen LogP contribution in [0, 0.1) is 0 Å². The average molecular weight is 693 g/mol. The fourth-order valence-corrected chi connectivity index (χ4v) is 7.05. The molecular formula is C43H28N6O4. The van der Waals surface area contributed by atoms with Crippen LogP contribution in [0.4, 0.5) is 11.4 Å². The molecular weight excluding hydrogens is 665 g/mol. The number of hydrogen-bond acceptors (Lipinski definition) is 8. The van der Waals surface area contributed by atoms with E-state index in [1.807, 2.05) is 97.9 Å². The fraction of sp³-hybridized carbons (Fsp3) is 0.0465. The Bertz CT molecular complexity index is 2500. The minimum atomic E-state index is -0.557. The van der Waals surface area contributed by atoms with Crippen molar-refractivity contribution in [3.8, 4) is 34.2 Å². The van der Waals surface area contributed by atoms with E-state index in [1.165, 1.54) is 0 Å². The number of carbonyl (C=O) groups is 4. The van der Waals surface area contributed by atoms with Gasteiger partial charge in [0, 0.05) is 45.1 Å². The van der Waals surface area contributed by atoms with Gasteiger partial charge in [0.2, 0.25) is 0 Å². The van der Waals surface area contributed by atoms with Crippen LogP contribution in [-0.4, -0.2) is 50.1 Å². The molecule has 2 aliphatic rings. The van der Waals surface area contributed by atoms with Gasteiger partial charge in [0.1, 0.15) is 0 Å². The van der Waals surface area contributed by atoms with E-state index in [9.17, 15) is 19.2 Å². The van der Waals surface area contributed by atoms with Crippen LogP contribution < -0.4 is 9.91 Å². The number of imide groups is 2. The van der Waals surface area contributed by atoms with Gasteiger partial charge in [0.15, 0.2) is 17.5 Å². The van der Waals surface area contributed by atoms with Crippen LogP contribution in [0.5, 0.6) is 0 Å². The van der Waals surface area contributed by atoms with Crippen molar-refractivity contribution < 1.29 is 19.2 Å². The smallest absolute Gasteiger partial charge is 0.276 e. The number of anilines is 2. The Hall–Kier alpha value is -7.33. The Balaban J connectivity index is 1.08. The first-order valence-electron chi connectivity index (χ1n) is 17.1. The number of nitrogens with zero attached hydrogens (tertiary/aromatic N) is 6. The van der Waals surface area contributed by atoms with E-state index in [2.05, 4.69) is 0 Å². The number of benzene rings is 6. The third-order valence-electron chi connectivity index (χ3n) is 9.55. The maximum absolute atomic E-state index is 14.2. The normalized spacial score (nSPS) is 13.5. The Morgan fingerprint density at radius 1 is 0.453 bits per heavy atom. The molecule has 0 spiro atoms. The Kier molecular flexibility index (Phi) is 7.44. The topological polar surface area (TPSA) is 117 Å². The van der Waals surface area contributed by atoms with E-state index in [4.69, 9.17) is 15.0 Å². The number of amides is 4. The van der Waals surface area contributed by atoms with E-state index < -0.39 is 23.6 Å². The molecule has 6 aromatic carbocycles. The highest BCUT2D eigenvalue weighted by Crippen LogP contribution is 2.40. The van der Waals surface area contributed by atoms with Gasteiger partial charge < -0.3 is 0 Å². The number of aromatic nitrogens is 3. The third kappa shape index (κ3) is 5.07. The zero-order valence-corrected chi connectivity index (χ0v) is 28.3. The zero-order chi connectivity index (χ0) is 36.2. The largest absolute Gasteiger partial charge is 0.280 e. The molecule has 1 aromatic heterocycles. The molecule has 7 aromatic rings. The van der Waals surface area contributed by atoms with Crippen molar-refractivity contribution in [2.45, 2.75) is 6.92 Å². The molecule has 3 heterocycles. The molecule has 10 nitrogen and oxygen atoms in total. The van der Waals surface area contributed by atoms with Crippen LogP contribution in [0.1, 0.15) is 48.4 Å². The van der Waals surface area contributed by atoms with Crippen molar-refractivity contribution in [1.29, 1.82) is 0 Å². The molecule has 0 bridgehead atoms. The van der Waals surface area contributed by atoms with Crippen molar-refractivity contribution in [3.05, 3.63) is 162 Å². The van der Waals surface area contributed by atoms with E-state index in [0.717, 1.165) is 21.0 Å². The number of hydrogen-bond donors (Lipinski definition) is 0. The van der Waals surface area contributed by atoms with Crippen LogP contribution in [0.2, 0.25) is 0 Å². The highest BCUT2D eigenvalue weighted by atomic mass is 16.2. The molecule has 0 saturated carbocycles. The molecule has 2 aliphatic heterocycles. The second-order valence-corrected chi connectivity index (χ2v) is 12.6. The van der Waals surface area contributed by atoms with Crippen LogP contribution in [-0.2, 0) is 0 Å². The van der Waals surface area contributed by atoms with Crippen molar-refractivity contribution in [3.63, 3.8) is 0 Å². The van der Waals surface area contributed by atoms with E-state index in [-0.39, 0.29) is 22.3 Å². The maximum atomic E-state index is 14.2. The molecule has 10 heteroatoms. The number of hydrazine groups is 1. The summed E-state index contributed by atoms with van der Waals surface area (Å²) in [6.45, 7) is 2.21. The first-order valence-corrected chi connectivity index (χ1v) is 17.1. The van der Waals surface area contributed by atoms with Crippen molar-refractivity contribution in [1.82, 2.24) is 20.0 Å². The van der Waals surface area contributed by atoms with Crippen LogP contribution in [0.25, 0.3) is 44.9 Å². The predicted molar refractivity (Wildman–Crippen MR) is 201 cm³/mol. The van der Waals surface area contributed by atoms with Gasteiger partial charge in [-0.3, -0.25) is 24.2 Å². The average Bonchev–Trinajstić information content (AvgIpc) is 3.21. The standard InChI is InChI=1S/C43H28N6O4/c1-2-47(29-16-10-5-11-17-29)49-42(52)33-24-22-31-35-32(23-25-34(36(33)35)43(49)53)41(51)48(40(31)50)30-20-18-28(19-21-30)39-45-37(26-12-6-3-7-13-26)44-38(46-39)27-14-8-4-9-15-27/h3-25H,2H2,1H3. The summed E-state index contributed by atoms with van der Waals surface area (Å²) in [5, 5.41) is 3.37. The van der Waals surface area contributed by atoms with Gasteiger partial charge in [0.05, 0.1) is 22.5 Å². The molecule has 0 atom stereocenters. The second-order valence-electron chi connectivity index (χ2n) is 12.6. The number of para-hydroxylation sites is 1. The van der Waals surface area contributed by atoms with Crippen molar-refractivity contribution in [2.75, 3.05) is 16.5 Å². The van der Waals surface area contributed by atoms with Gasteiger partial charge in [0.25, 0.3) is 23.6 Å². The van der Waals surface area contributed by atoms with Gasteiger partial charge in [-0.05, 0) is 67.6 Å². The van der Waals surface area contributed by atoms with Gasteiger partial charge in [-0.1, -0.05) is 78.9 Å². The zero-order valence-electron chi connectivity index (χ0n) is 28.3. The molecule has 0 saturated heterocycles. The van der Waals surface area contributed by atoms with Crippen LogP contribution >= 0.6 is 0 Å². The summed E-state index contributed by atoms with van der Waals surface area (Å²) >= 11 is 0. The van der Waals surface area contributed by atoms with E-state index in [0.29, 0.717) is 51.7 Å². The summed E-state index contributed by atoms with van der Waals surface area (Å²) in [6, 6.07) is 41.6. The second kappa shape index (κ2) is 12.5. The minimum Gasteiger partial charge on any atom is -0.276 e. The van der Waals surface area contributed by atoms with E-state index in [1.54, 1.807) is 53.5 Å². The highest BCUT2D eigenvalue weighted by molar-refractivity contribution is 6.39. The lowest BCUT2D eigenvalue weighted by Crippen LogP contribution is -2.52. The molecule has 0 aliphatic carbocycles. The summed E-state index contributed by atoms with van der Waals surface area (Å²) in [4.78, 5) is 71.7. The molecule has 0 radical (unpaired) electrons. The van der Waals surface area contributed by atoms with Gasteiger partial charge in [-0.15, -0.1) is 0 Å². The molecule has 0 fully saturated rings. The molecule has 0 unspecified atom stereocenters. The molecule has 0 N–H and O–H groups in total. The minimum absolute atomic E-state index is 0.228. The SMILES string of the molecule is CCN(c1ccccc1)N1C(=O)c2ccc3c4c(ccc(c24)C1=O)C(=O)N(c1ccc(-c2nc(-c4ccccc4)nc(-c4ccccc4)n2)cc1)C3=O. The summed E-state index contributed by atoms with van der Waals surface area (Å²) in [6.07, 6.45) is 0. The monoisotopic (exact) mass is 692 g/mol. The maximum Gasteiger partial charge on any atom is 0.280 e. The lowest BCUT2D eigenvalue weighted by Gasteiger charge is -2.37. The first-order chi connectivity index (χ1) is 25.9. The summed E-state index contributed by atoms with van der Waals surface area (Å²) in [7, 11) is 0. The first kappa shape index (κ1) is 31.6. The molecule has 254 valence electrons. The third-order valence-corrected chi connectivity index (χ3v) is 9.55. The molecule has 4 amide bonds. The molecule has 53 heavy (non-hydrogen) atoms. The van der Waals surface area contributed by atoms with Crippen LogP contribution in [0.3, 0.4) is 0 Å². The predicted octanol–water partition coefficient (Wildman–Crippen LogP) is 7.86. The summed E-state index contributed by atoms with van der Waals surface area (Å²) in [5.74, 6) is -0.712. The van der Waals surface area contributed by atoms with Crippen LogP contribution in [0.15, 0.2) is 140 Å². The Morgan fingerprint density at radius 2 is 0.830 bits per heavy atom. The van der Waals surface area contributed by atoms with Gasteiger partial charge in [-0.25, -0.2) is 19.9 Å². The number of rotatable bonds is 7. The number of carbonyl (C=O) groups excluding carboxylic acids is 4. The Morgan fingerprint density at radius 3 is 1.25 bits per heavy atom. The summed E-state index contributed by atoms with van der Waals surface area (Å²) < 4.78 is 0. The highest BCUT2D eigenvalue weighted by Gasteiger charge is 2.42. The van der Waals surface area contributed by atoms with Crippen molar-refractivity contribution >= 4 is 45.8 Å². The van der Waals surface area contributed by atoms with Gasteiger partial charge >= 0.3 is 0 Å². The summed E-state index contributed by atoms with van der Waals surface area (Å²) in [5.41, 5.74) is 4.32. The lowest BCUT2D eigenvalue weighted by molar-refractivity contribution is 0.0590. The van der Waals surface area contributed by atoms with Gasteiger partial charge in [-0.2, -0.15) is 5.01 Å². The quantitative estimate of drug-likeness (QED) is 0.155.